The van der Waals surface area contributed by atoms with Crippen LogP contribution < -0.4 is 4.74 Å². The van der Waals surface area contributed by atoms with Gasteiger partial charge in [-0.1, -0.05) is 60.7 Å². The second-order valence-electron chi connectivity index (χ2n) is 7.12. The highest BCUT2D eigenvalue weighted by molar-refractivity contribution is 5.78. The Morgan fingerprint density at radius 2 is 1.23 bits per heavy atom. The van der Waals surface area contributed by atoms with Crippen molar-refractivity contribution in [2.75, 3.05) is 0 Å². The average molecular weight is 395 g/mol. The van der Waals surface area contributed by atoms with Gasteiger partial charge < -0.3 is 4.74 Å². The van der Waals surface area contributed by atoms with Crippen molar-refractivity contribution in [1.29, 1.82) is 5.26 Å². The molecule has 0 radical (unpaired) electrons. The molecule has 0 heterocycles. The zero-order valence-corrected chi connectivity index (χ0v) is 15.8. The Morgan fingerprint density at radius 3 is 1.77 bits per heavy atom. The fraction of sp³-hybridized carbons (Fsp3) is 0.0385. The van der Waals surface area contributed by atoms with Crippen LogP contribution in [0.2, 0.25) is 0 Å². The predicted molar refractivity (Wildman–Crippen MR) is 111 cm³/mol. The molecule has 0 aliphatic heterocycles. The summed E-state index contributed by atoms with van der Waals surface area (Å²) in [4.78, 5) is 0. The van der Waals surface area contributed by atoms with Gasteiger partial charge in [-0.15, -0.1) is 0 Å². The van der Waals surface area contributed by atoms with E-state index >= 15 is 0 Å². The van der Waals surface area contributed by atoms with Crippen LogP contribution in [0.5, 0.6) is 5.75 Å². The highest BCUT2D eigenvalue weighted by Crippen LogP contribution is 2.45. The lowest BCUT2D eigenvalue weighted by Gasteiger charge is -2.17. The molecular formula is C26H15F2NO. The Balaban J connectivity index is 1.46. The molecule has 1 aliphatic carbocycles. The van der Waals surface area contributed by atoms with E-state index in [1.54, 1.807) is 24.3 Å². The van der Waals surface area contributed by atoms with Crippen molar-refractivity contribution in [3.05, 3.63) is 113 Å². The fourth-order valence-electron chi connectivity index (χ4n) is 3.94. The summed E-state index contributed by atoms with van der Waals surface area (Å²) in [6.45, 7) is 0. The lowest BCUT2D eigenvalue weighted by Crippen LogP contribution is -2.05. The van der Waals surface area contributed by atoms with Gasteiger partial charge in [0, 0.05) is 11.1 Å². The highest BCUT2D eigenvalue weighted by Gasteiger charge is 2.29. The normalized spacial score (nSPS) is 12.2. The van der Waals surface area contributed by atoms with Crippen LogP contribution in [-0.2, 0) is 0 Å². The molecule has 1 aliphatic rings. The summed E-state index contributed by atoms with van der Waals surface area (Å²) in [5.74, 6) is -1.08. The van der Waals surface area contributed by atoms with Crippen LogP contribution in [-0.4, -0.2) is 0 Å². The lowest BCUT2D eigenvalue weighted by atomic mass is 10.0. The molecule has 4 aromatic carbocycles. The Hall–Kier alpha value is -3.97. The minimum Gasteiger partial charge on any atom is -0.481 e. The van der Waals surface area contributed by atoms with E-state index in [2.05, 4.69) is 24.3 Å². The van der Waals surface area contributed by atoms with Crippen molar-refractivity contribution < 1.29 is 13.5 Å². The van der Waals surface area contributed by atoms with Crippen LogP contribution in [0.3, 0.4) is 0 Å². The number of ether oxygens (including phenoxy) is 1. The fourth-order valence-corrected chi connectivity index (χ4v) is 3.94. The largest absolute Gasteiger partial charge is 0.481 e. The summed E-state index contributed by atoms with van der Waals surface area (Å²) >= 11 is 0. The number of nitrogens with zero attached hydrogens (tertiary/aromatic N) is 1. The topological polar surface area (TPSA) is 33.0 Å². The summed E-state index contributed by atoms with van der Waals surface area (Å²) in [6.07, 6.45) is -0.215. The summed E-state index contributed by atoms with van der Waals surface area (Å²) in [6, 6.07) is 27.3. The molecule has 0 N–H and O–H groups in total. The first-order valence-corrected chi connectivity index (χ1v) is 9.50. The molecule has 4 heteroatoms. The van der Waals surface area contributed by atoms with Gasteiger partial charge in [-0.25, -0.2) is 8.78 Å². The van der Waals surface area contributed by atoms with E-state index in [4.69, 9.17) is 10.00 Å². The zero-order valence-electron chi connectivity index (χ0n) is 15.8. The van der Waals surface area contributed by atoms with E-state index in [1.165, 1.54) is 29.3 Å². The number of halogens is 2. The van der Waals surface area contributed by atoms with E-state index in [0.717, 1.165) is 11.1 Å². The van der Waals surface area contributed by atoms with E-state index in [-0.39, 0.29) is 6.10 Å². The third kappa shape index (κ3) is 2.92. The van der Waals surface area contributed by atoms with Crippen LogP contribution >= 0.6 is 0 Å². The van der Waals surface area contributed by atoms with Gasteiger partial charge >= 0.3 is 0 Å². The van der Waals surface area contributed by atoms with Crippen LogP contribution in [0.25, 0.3) is 22.3 Å². The van der Waals surface area contributed by atoms with Crippen molar-refractivity contribution in [1.82, 2.24) is 0 Å². The molecule has 0 saturated heterocycles. The molecule has 0 bridgehead atoms. The van der Waals surface area contributed by atoms with Crippen molar-refractivity contribution in [3.63, 3.8) is 0 Å². The molecule has 4 aromatic rings. The van der Waals surface area contributed by atoms with Crippen LogP contribution in [0, 0.1) is 23.0 Å². The Bertz CT molecular complexity index is 1240. The predicted octanol–water partition coefficient (Wildman–Crippen LogP) is 6.65. The second-order valence-corrected chi connectivity index (χ2v) is 7.12. The van der Waals surface area contributed by atoms with Crippen LogP contribution in [0.15, 0.2) is 84.9 Å². The molecule has 0 atom stereocenters. The molecule has 144 valence electrons. The van der Waals surface area contributed by atoms with Crippen molar-refractivity contribution in [2.24, 2.45) is 0 Å². The first-order valence-electron chi connectivity index (χ1n) is 9.50. The Labute approximate surface area is 172 Å². The molecular weight excluding hydrogens is 380 g/mol. The third-order valence-corrected chi connectivity index (χ3v) is 5.37. The maximum atomic E-state index is 13.9. The zero-order chi connectivity index (χ0) is 20.7. The molecule has 0 unspecified atom stereocenters. The van der Waals surface area contributed by atoms with Gasteiger partial charge in [-0.05, 0) is 46.5 Å². The molecule has 5 rings (SSSR count). The van der Waals surface area contributed by atoms with E-state index in [9.17, 15) is 8.78 Å². The SMILES string of the molecule is N#Cc1c(F)cc(-c2ccc(OC3c4ccccc4-c4ccccc43)cc2)cc1F. The van der Waals surface area contributed by atoms with Crippen LogP contribution in [0.4, 0.5) is 8.78 Å². The highest BCUT2D eigenvalue weighted by atomic mass is 19.1. The van der Waals surface area contributed by atoms with Crippen LogP contribution in [0.1, 0.15) is 22.8 Å². The minimum absolute atomic E-state index is 0.215. The molecule has 0 spiro atoms. The van der Waals surface area contributed by atoms with Gasteiger partial charge in [-0.2, -0.15) is 5.26 Å². The van der Waals surface area contributed by atoms with Crippen molar-refractivity contribution >= 4 is 0 Å². The maximum Gasteiger partial charge on any atom is 0.150 e. The number of rotatable bonds is 3. The Kier molecular flexibility index (Phi) is 4.30. The monoisotopic (exact) mass is 395 g/mol. The van der Waals surface area contributed by atoms with Crippen molar-refractivity contribution in [2.45, 2.75) is 6.10 Å². The standard InChI is InChI=1S/C26H15F2NO/c27-24-13-17(14-25(28)23(24)15-29)16-9-11-18(12-10-16)30-26-21-7-3-1-5-19(21)20-6-2-4-8-22(20)26/h1-14,26H. The summed E-state index contributed by atoms with van der Waals surface area (Å²) in [5.41, 5.74) is 4.98. The van der Waals surface area contributed by atoms with E-state index < -0.39 is 17.2 Å². The summed E-state index contributed by atoms with van der Waals surface area (Å²) in [5, 5.41) is 8.83. The molecule has 0 saturated carbocycles. The molecule has 0 amide bonds. The van der Waals surface area contributed by atoms with E-state index in [1.807, 2.05) is 24.3 Å². The second kappa shape index (κ2) is 7.13. The number of fused-ring (bicyclic) bond motifs is 3. The number of nitriles is 1. The third-order valence-electron chi connectivity index (χ3n) is 5.37. The molecule has 0 fully saturated rings. The van der Waals surface area contributed by atoms with Gasteiger partial charge in [0.15, 0.2) is 6.10 Å². The lowest BCUT2D eigenvalue weighted by molar-refractivity contribution is 0.252. The van der Waals surface area contributed by atoms with E-state index in [0.29, 0.717) is 16.9 Å². The first kappa shape index (κ1) is 18.1. The van der Waals surface area contributed by atoms with Gasteiger partial charge in [0.05, 0.1) is 0 Å². The maximum absolute atomic E-state index is 13.9. The minimum atomic E-state index is -0.869. The molecule has 0 aromatic heterocycles. The number of hydrogen-bond acceptors (Lipinski definition) is 2. The number of benzene rings is 4. The first-order chi connectivity index (χ1) is 14.7. The average Bonchev–Trinajstić information content (AvgIpc) is 3.08. The molecule has 30 heavy (non-hydrogen) atoms. The van der Waals surface area contributed by atoms with Gasteiger partial charge in [0.2, 0.25) is 0 Å². The van der Waals surface area contributed by atoms with Gasteiger partial charge in [0.25, 0.3) is 0 Å². The van der Waals surface area contributed by atoms with Crippen molar-refractivity contribution in [3.8, 4) is 34.1 Å². The summed E-state index contributed by atoms with van der Waals surface area (Å²) in [7, 11) is 0. The smallest absolute Gasteiger partial charge is 0.150 e. The summed E-state index contributed by atoms with van der Waals surface area (Å²) < 4.78 is 34.2. The van der Waals surface area contributed by atoms with Gasteiger partial charge in [0.1, 0.15) is 29.0 Å². The molecule has 2 nitrogen and oxygen atoms in total. The van der Waals surface area contributed by atoms with Gasteiger partial charge in [-0.3, -0.25) is 0 Å². The Morgan fingerprint density at radius 1 is 0.700 bits per heavy atom. The number of hydrogen-bond donors (Lipinski definition) is 0. The quantitative estimate of drug-likeness (QED) is 0.389.